The molecule has 2 aliphatic heterocycles. The summed E-state index contributed by atoms with van der Waals surface area (Å²) in [5.41, 5.74) is 2.43. The van der Waals surface area contributed by atoms with Gasteiger partial charge in [-0.2, -0.15) is 0 Å². The third kappa shape index (κ3) is 6.18. The lowest BCUT2D eigenvalue weighted by atomic mass is 9.79. The minimum Gasteiger partial charge on any atom is -0.495 e. The number of halogens is 1. The van der Waals surface area contributed by atoms with Crippen LogP contribution in [0.25, 0.3) is 0 Å². The molecule has 10 heteroatoms. The third-order valence-corrected chi connectivity index (χ3v) is 8.04. The molecule has 3 aromatic carbocycles. The number of ether oxygens (including phenoxy) is 4. The summed E-state index contributed by atoms with van der Waals surface area (Å²) >= 11 is 6.42. The van der Waals surface area contributed by atoms with Crippen molar-refractivity contribution in [3.8, 4) is 17.2 Å². The number of anilines is 1. The van der Waals surface area contributed by atoms with Crippen LogP contribution in [0.15, 0.2) is 60.7 Å². The van der Waals surface area contributed by atoms with Crippen LogP contribution >= 0.6 is 11.6 Å². The molecular formula is C32H36ClN3O6. The first kappa shape index (κ1) is 29.7. The SMILES string of the molecule is CCOc1ccc(C2C(C(=O)Nc3cc(Cl)c(OC)cc3OC)c3ccccc3C(=O)N2CCN2CCOCC2)cc1. The van der Waals surface area contributed by atoms with Crippen LogP contribution in [0.4, 0.5) is 5.69 Å². The normalized spacial score (nSPS) is 18.8. The molecule has 5 rings (SSSR count). The molecule has 1 N–H and O–H groups in total. The molecule has 0 aromatic heterocycles. The lowest BCUT2D eigenvalue weighted by molar-refractivity contribution is -0.119. The number of hydrogen-bond acceptors (Lipinski definition) is 7. The molecule has 2 heterocycles. The maximum Gasteiger partial charge on any atom is 0.254 e. The average Bonchev–Trinajstić information content (AvgIpc) is 3.01. The van der Waals surface area contributed by atoms with Crippen molar-refractivity contribution >= 4 is 29.1 Å². The number of hydrogen-bond donors (Lipinski definition) is 1. The van der Waals surface area contributed by atoms with Crippen molar-refractivity contribution in [1.82, 2.24) is 9.80 Å². The standard InChI is InChI=1S/C32H36ClN3O6/c1-4-42-22-11-9-21(10-12-22)30-29(31(37)34-26-19-25(33)27(39-2)20-28(26)40-3)23-7-5-6-8-24(23)32(38)36(30)14-13-35-15-17-41-18-16-35/h5-12,19-20,29-30H,4,13-18H2,1-3H3,(H,34,37). The number of methoxy groups -OCH3 is 2. The number of nitrogens with one attached hydrogen (secondary N) is 1. The lowest BCUT2D eigenvalue weighted by Gasteiger charge is -2.43. The van der Waals surface area contributed by atoms with Gasteiger partial charge in [0.05, 0.1) is 56.7 Å². The Labute approximate surface area is 251 Å². The van der Waals surface area contributed by atoms with Gasteiger partial charge >= 0.3 is 0 Å². The Hall–Kier alpha value is -3.79. The fraction of sp³-hybridized carbons (Fsp3) is 0.375. The molecule has 0 saturated carbocycles. The Morgan fingerprint density at radius 1 is 1.00 bits per heavy atom. The number of nitrogens with zero attached hydrogens (tertiary/aromatic N) is 2. The Morgan fingerprint density at radius 2 is 1.71 bits per heavy atom. The van der Waals surface area contributed by atoms with E-state index in [-0.39, 0.29) is 11.8 Å². The molecule has 3 aromatic rings. The molecule has 2 atom stereocenters. The summed E-state index contributed by atoms with van der Waals surface area (Å²) in [6.45, 7) is 6.51. The quantitative estimate of drug-likeness (QED) is 0.354. The molecule has 222 valence electrons. The molecular weight excluding hydrogens is 558 g/mol. The van der Waals surface area contributed by atoms with Crippen LogP contribution in [0.5, 0.6) is 17.2 Å². The van der Waals surface area contributed by atoms with Crippen molar-refractivity contribution in [2.45, 2.75) is 18.9 Å². The molecule has 1 saturated heterocycles. The van der Waals surface area contributed by atoms with Gasteiger partial charge in [-0.3, -0.25) is 14.5 Å². The average molecular weight is 594 g/mol. The van der Waals surface area contributed by atoms with Gasteiger partial charge in [-0.25, -0.2) is 0 Å². The molecule has 42 heavy (non-hydrogen) atoms. The second-order valence-corrected chi connectivity index (χ2v) is 10.5. The first-order valence-electron chi connectivity index (χ1n) is 14.1. The largest absolute Gasteiger partial charge is 0.495 e. The summed E-state index contributed by atoms with van der Waals surface area (Å²) in [7, 11) is 3.03. The van der Waals surface area contributed by atoms with E-state index in [9.17, 15) is 9.59 Å². The van der Waals surface area contributed by atoms with Crippen LogP contribution in [0.1, 0.15) is 40.4 Å². The minimum atomic E-state index is -0.716. The van der Waals surface area contributed by atoms with E-state index in [1.165, 1.54) is 14.2 Å². The first-order valence-corrected chi connectivity index (χ1v) is 14.5. The smallest absolute Gasteiger partial charge is 0.254 e. The van der Waals surface area contributed by atoms with Gasteiger partial charge in [-0.15, -0.1) is 0 Å². The molecule has 2 aliphatic rings. The number of carbonyl (C=O) groups excluding carboxylic acids is 2. The summed E-state index contributed by atoms with van der Waals surface area (Å²) in [5.74, 6) is 0.458. The fourth-order valence-corrected chi connectivity index (χ4v) is 5.90. The maximum absolute atomic E-state index is 14.3. The predicted octanol–water partition coefficient (Wildman–Crippen LogP) is 5.01. The third-order valence-electron chi connectivity index (χ3n) is 7.75. The van der Waals surface area contributed by atoms with E-state index in [1.807, 2.05) is 54.3 Å². The highest BCUT2D eigenvalue weighted by Crippen LogP contribution is 2.44. The fourth-order valence-electron chi connectivity index (χ4n) is 5.66. The molecule has 0 spiro atoms. The minimum absolute atomic E-state index is 0.105. The van der Waals surface area contributed by atoms with E-state index < -0.39 is 12.0 Å². The molecule has 1 fully saturated rings. The van der Waals surface area contributed by atoms with Crippen molar-refractivity contribution in [3.63, 3.8) is 0 Å². The molecule has 0 bridgehead atoms. The van der Waals surface area contributed by atoms with Crippen molar-refractivity contribution in [2.24, 2.45) is 0 Å². The summed E-state index contributed by atoms with van der Waals surface area (Å²) in [4.78, 5) is 32.5. The Bertz CT molecular complexity index is 1410. The van der Waals surface area contributed by atoms with Gasteiger partial charge in [-0.05, 0) is 42.3 Å². The Balaban J connectivity index is 1.57. The summed E-state index contributed by atoms with van der Waals surface area (Å²) in [5, 5.41) is 3.38. The van der Waals surface area contributed by atoms with Gasteiger partial charge in [0.15, 0.2) is 0 Å². The van der Waals surface area contributed by atoms with Gasteiger partial charge < -0.3 is 29.2 Å². The van der Waals surface area contributed by atoms with Crippen LogP contribution in [-0.2, 0) is 9.53 Å². The van der Waals surface area contributed by atoms with Gasteiger partial charge in [0.2, 0.25) is 5.91 Å². The van der Waals surface area contributed by atoms with Crippen LogP contribution < -0.4 is 19.5 Å². The molecule has 0 radical (unpaired) electrons. The Morgan fingerprint density at radius 3 is 2.40 bits per heavy atom. The number of fused-ring (bicyclic) bond motifs is 1. The lowest BCUT2D eigenvalue weighted by Crippen LogP contribution is -2.49. The van der Waals surface area contributed by atoms with Crippen LogP contribution in [-0.4, -0.2) is 81.8 Å². The number of carbonyl (C=O) groups is 2. The Kier molecular flexibility index (Phi) is 9.51. The van der Waals surface area contributed by atoms with Crippen molar-refractivity contribution in [3.05, 3.63) is 82.4 Å². The summed E-state index contributed by atoms with van der Waals surface area (Å²) < 4.78 is 22.1. The highest BCUT2D eigenvalue weighted by atomic mass is 35.5. The first-order chi connectivity index (χ1) is 20.4. The summed E-state index contributed by atoms with van der Waals surface area (Å²) in [6, 6.07) is 17.6. The number of rotatable bonds is 10. The van der Waals surface area contributed by atoms with Gasteiger partial charge in [0.25, 0.3) is 5.91 Å². The summed E-state index contributed by atoms with van der Waals surface area (Å²) in [6.07, 6.45) is 0. The molecule has 2 amide bonds. The predicted molar refractivity (Wildman–Crippen MR) is 161 cm³/mol. The zero-order chi connectivity index (χ0) is 29.6. The zero-order valence-electron chi connectivity index (χ0n) is 24.1. The second-order valence-electron chi connectivity index (χ2n) is 10.1. The van der Waals surface area contributed by atoms with E-state index >= 15 is 0 Å². The van der Waals surface area contributed by atoms with E-state index in [0.29, 0.717) is 66.2 Å². The van der Waals surface area contributed by atoms with Gasteiger partial charge in [0, 0.05) is 37.8 Å². The van der Waals surface area contributed by atoms with Crippen LogP contribution in [0.3, 0.4) is 0 Å². The second kappa shape index (κ2) is 13.5. The molecule has 9 nitrogen and oxygen atoms in total. The molecule has 2 unspecified atom stereocenters. The maximum atomic E-state index is 14.3. The number of morpholine rings is 1. The highest BCUT2D eigenvalue weighted by Gasteiger charge is 2.44. The van der Waals surface area contributed by atoms with E-state index in [0.717, 1.165) is 24.4 Å². The monoisotopic (exact) mass is 593 g/mol. The number of benzene rings is 3. The molecule has 0 aliphatic carbocycles. The highest BCUT2D eigenvalue weighted by molar-refractivity contribution is 6.32. The van der Waals surface area contributed by atoms with Gasteiger partial charge in [-0.1, -0.05) is 41.9 Å². The van der Waals surface area contributed by atoms with Crippen molar-refractivity contribution < 1.29 is 28.5 Å². The zero-order valence-corrected chi connectivity index (χ0v) is 24.9. The van der Waals surface area contributed by atoms with Crippen LogP contribution in [0.2, 0.25) is 5.02 Å². The van der Waals surface area contributed by atoms with E-state index in [4.69, 9.17) is 30.5 Å². The number of amides is 2. The van der Waals surface area contributed by atoms with Crippen molar-refractivity contribution in [1.29, 1.82) is 0 Å². The van der Waals surface area contributed by atoms with Gasteiger partial charge in [0.1, 0.15) is 17.2 Å². The van der Waals surface area contributed by atoms with E-state index in [2.05, 4.69) is 10.2 Å². The topological polar surface area (TPSA) is 89.6 Å². The van der Waals surface area contributed by atoms with Crippen molar-refractivity contribution in [2.75, 3.05) is 65.5 Å². The van der Waals surface area contributed by atoms with Crippen LogP contribution in [0, 0.1) is 0 Å². The van der Waals surface area contributed by atoms with E-state index in [1.54, 1.807) is 18.2 Å².